The molecule has 1 N–H and O–H groups in total. The molecule has 1 heterocycles. The van der Waals surface area contributed by atoms with E-state index in [1.54, 1.807) is 7.05 Å². The third kappa shape index (κ3) is 3.81. The molecule has 0 unspecified atom stereocenters. The first kappa shape index (κ1) is 20.1. The van der Waals surface area contributed by atoms with Gasteiger partial charge in [-0.25, -0.2) is 14.0 Å². The van der Waals surface area contributed by atoms with Crippen LogP contribution in [-0.2, 0) is 13.5 Å². The monoisotopic (exact) mass is 391 g/mol. The van der Waals surface area contributed by atoms with Crippen molar-refractivity contribution in [2.75, 3.05) is 0 Å². The smallest absolute Gasteiger partial charge is 0.350 e. The van der Waals surface area contributed by atoms with Gasteiger partial charge in [0.15, 0.2) is 0 Å². The summed E-state index contributed by atoms with van der Waals surface area (Å²) in [5.41, 5.74) is -0.871. The highest BCUT2D eigenvalue weighted by Gasteiger charge is 2.25. The van der Waals surface area contributed by atoms with Crippen LogP contribution in [0, 0.1) is 11.7 Å². The van der Waals surface area contributed by atoms with Crippen LogP contribution >= 0.6 is 0 Å². The Morgan fingerprint density at radius 3 is 2.61 bits per heavy atom. The molecule has 1 fully saturated rings. The van der Waals surface area contributed by atoms with Crippen molar-refractivity contribution in [1.82, 2.24) is 14.3 Å². The van der Waals surface area contributed by atoms with Crippen molar-refractivity contribution in [2.24, 2.45) is 13.0 Å². The Bertz CT molecular complexity index is 928. The summed E-state index contributed by atoms with van der Waals surface area (Å²) in [5.74, 6) is -1.23. The second-order valence-corrected chi connectivity index (χ2v) is 7.35. The maximum atomic E-state index is 14.7. The number of nitrogens with zero attached hydrogens (tertiary/aromatic N) is 3. The van der Waals surface area contributed by atoms with Crippen LogP contribution in [0.2, 0.25) is 0 Å². The van der Waals surface area contributed by atoms with Crippen molar-refractivity contribution in [2.45, 2.75) is 58.5 Å². The first-order valence-electron chi connectivity index (χ1n) is 9.72. The number of carboxylic acids is 1. The highest BCUT2D eigenvalue weighted by atomic mass is 19.1. The Morgan fingerprint density at radius 1 is 1.36 bits per heavy atom. The summed E-state index contributed by atoms with van der Waals surface area (Å²) < 4.78 is 22.9. The fourth-order valence-electron chi connectivity index (χ4n) is 3.81. The lowest BCUT2D eigenvalue weighted by molar-refractivity contribution is 0.0681. The predicted octanol–water partition coefficient (Wildman–Crippen LogP) is 3.32. The molecule has 1 aliphatic rings. The standard InChI is InChI=1S/C20H26FN3O4/c1-4-18-22-24(20(27)23(18)3)16-11-17(14(19(25)26)10-15(16)21)28-12(2)13-8-6-5-7-9-13/h10-13H,4-9H2,1-3H3,(H,25,26)/t12-/m0/s1. The third-order valence-corrected chi connectivity index (χ3v) is 5.52. The van der Waals surface area contributed by atoms with Crippen molar-refractivity contribution in [3.63, 3.8) is 0 Å². The minimum atomic E-state index is -1.28. The van der Waals surface area contributed by atoms with Crippen LogP contribution in [-0.4, -0.2) is 31.5 Å². The molecule has 0 spiro atoms. The molecule has 1 aliphatic carbocycles. The first-order valence-corrected chi connectivity index (χ1v) is 9.72. The van der Waals surface area contributed by atoms with E-state index in [-0.39, 0.29) is 23.1 Å². The molecule has 152 valence electrons. The summed E-state index contributed by atoms with van der Waals surface area (Å²) in [6.07, 6.45) is 5.81. The molecule has 0 amide bonds. The lowest BCUT2D eigenvalue weighted by atomic mass is 9.86. The number of aromatic nitrogens is 3. The van der Waals surface area contributed by atoms with Gasteiger partial charge in [-0.2, -0.15) is 4.68 Å². The summed E-state index contributed by atoms with van der Waals surface area (Å²) >= 11 is 0. The SMILES string of the molecule is CCc1nn(-c2cc(O[C@@H](C)C3CCCCC3)c(C(=O)O)cc2F)c(=O)n1C. The van der Waals surface area contributed by atoms with Crippen LogP contribution in [0.15, 0.2) is 16.9 Å². The number of aromatic carboxylic acids is 1. The van der Waals surface area contributed by atoms with Gasteiger partial charge in [-0.3, -0.25) is 4.57 Å². The molecule has 3 rings (SSSR count). The molecule has 0 bridgehead atoms. The van der Waals surface area contributed by atoms with Crippen molar-refractivity contribution < 1.29 is 19.0 Å². The van der Waals surface area contributed by atoms with Crippen molar-refractivity contribution in [3.8, 4) is 11.4 Å². The number of rotatable bonds is 6. The van der Waals surface area contributed by atoms with Crippen LogP contribution in [0.3, 0.4) is 0 Å². The van der Waals surface area contributed by atoms with Gasteiger partial charge in [0.25, 0.3) is 0 Å². The molecule has 28 heavy (non-hydrogen) atoms. The Balaban J connectivity index is 2.02. The Hall–Kier alpha value is -2.64. The van der Waals surface area contributed by atoms with Crippen LogP contribution in [0.1, 0.15) is 62.1 Å². The molecule has 1 atom stereocenters. The van der Waals surface area contributed by atoms with E-state index in [9.17, 15) is 19.1 Å². The van der Waals surface area contributed by atoms with Gasteiger partial charge in [-0.05, 0) is 31.7 Å². The first-order chi connectivity index (χ1) is 13.3. The lowest BCUT2D eigenvalue weighted by Crippen LogP contribution is -2.27. The predicted molar refractivity (Wildman–Crippen MR) is 102 cm³/mol. The highest BCUT2D eigenvalue weighted by molar-refractivity contribution is 5.91. The minimum absolute atomic E-state index is 0.0533. The van der Waals surface area contributed by atoms with Gasteiger partial charge in [0.1, 0.15) is 28.6 Å². The van der Waals surface area contributed by atoms with E-state index in [2.05, 4.69) is 5.10 Å². The van der Waals surface area contributed by atoms with Gasteiger partial charge < -0.3 is 9.84 Å². The molecule has 0 saturated heterocycles. The van der Waals surface area contributed by atoms with Crippen molar-refractivity contribution in [3.05, 3.63) is 39.8 Å². The summed E-state index contributed by atoms with van der Waals surface area (Å²) in [4.78, 5) is 24.1. The highest BCUT2D eigenvalue weighted by Crippen LogP contribution is 2.31. The average molecular weight is 391 g/mol. The van der Waals surface area contributed by atoms with Gasteiger partial charge in [0.2, 0.25) is 0 Å². The summed E-state index contributed by atoms with van der Waals surface area (Å²) in [6.45, 7) is 3.75. The summed E-state index contributed by atoms with van der Waals surface area (Å²) in [5, 5.41) is 13.6. The van der Waals surface area contributed by atoms with Crippen LogP contribution in [0.25, 0.3) is 5.69 Å². The molecule has 7 nitrogen and oxygen atoms in total. The zero-order valence-electron chi connectivity index (χ0n) is 16.4. The number of halogens is 1. The normalized spacial score (nSPS) is 16.1. The lowest BCUT2D eigenvalue weighted by Gasteiger charge is -2.28. The zero-order valence-corrected chi connectivity index (χ0v) is 16.4. The molecule has 1 saturated carbocycles. The van der Waals surface area contributed by atoms with Gasteiger partial charge >= 0.3 is 11.7 Å². The molecule has 2 aromatic rings. The van der Waals surface area contributed by atoms with E-state index in [0.29, 0.717) is 18.2 Å². The molecule has 0 radical (unpaired) electrons. The average Bonchev–Trinajstić information content (AvgIpc) is 2.97. The maximum Gasteiger partial charge on any atom is 0.350 e. The van der Waals surface area contributed by atoms with Crippen molar-refractivity contribution >= 4 is 5.97 Å². The van der Waals surface area contributed by atoms with E-state index < -0.39 is 17.5 Å². The number of ether oxygens (including phenoxy) is 1. The zero-order chi connectivity index (χ0) is 20.4. The topological polar surface area (TPSA) is 86.4 Å². The number of hydrogen-bond acceptors (Lipinski definition) is 4. The summed E-state index contributed by atoms with van der Waals surface area (Å²) in [6, 6.07) is 2.17. The van der Waals surface area contributed by atoms with Gasteiger partial charge in [-0.1, -0.05) is 26.2 Å². The van der Waals surface area contributed by atoms with Gasteiger partial charge in [0, 0.05) is 19.5 Å². The van der Waals surface area contributed by atoms with E-state index >= 15 is 0 Å². The second-order valence-electron chi connectivity index (χ2n) is 7.35. The fourth-order valence-corrected chi connectivity index (χ4v) is 3.81. The van der Waals surface area contributed by atoms with Crippen LogP contribution in [0.5, 0.6) is 5.75 Å². The number of hydrogen-bond donors (Lipinski definition) is 1. The van der Waals surface area contributed by atoms with E-state index in [4.69, 9.17) is 4.74 Å². The number of carbonyl (C=O) groups is 1. The Kier molecular flexibility index (Phi) is 5.86. The fraction of sp³-hybridized carbons (Fsp3) is 0.550. The van der Waals surface area contributed by atoms with E-state index in [1.807, 2.05) is 13.8 Å². The van der Waals surface area contributed by atoms with Gasteiger partial charge in [0.05, 0.1) is 6.10 Å². The van der Waals surface area contributed by atoms with Crippen LogP contribution in [0.4, 0.5) is 4.39 Å². The van der Waals surface area contributed by atoms with Crippen molar-refractivity contribution in [1.29, 1.82) is 0 Å². The van der Waals surface area contributed by atoms with E-state index in [1.165, 1.54) is 17.1 Å². The maximum absolute atomic E-state index is 14.7. The molecule has 0 aliphatic heterocycles. The Morgan fingerprint density at radius 2 is 2.04 bits per heavy atom. The number of aryl methyl sites for hydroxylation is 1. The third-order valence-electron chi connectivity index (χ3n) is 5.52. The minimum Gasteiger partial charge on any atom is -0.489 e. The quantitative estimate of drug-likeness (QED) is 0.816. The van der Waals surface area contributed by atoms with E-state index in [0.717, 1.165) is 36.4 Å². The Labute approximate surface area is 162 Å². The number of carboxylic acid groups (broad SMARTS) is 1. The van der Waals surface area contributed by atoms with Gasteiger partial charge in [-0.15, -0.1) is 5.10 Å². The largest absolute Gasteiger partial charge is 0.489 e. The molecule has 8 heteroatoms. The molecular formula is C20H26FN3O4. The molecule has 1 aromatic carbocycles. The summed E-state index contributed by atoms with van der Waals surface area (Å²) in [7, 11) is 1.57. The van der Waals surface area contributed by atoms with Crippen LogP contribution < -0.4 is 10.4 Å². The second kappa shape index (κ2) is 8.16. The molecule has 1 aromatic heterocycles. The molecular weight excluding hydrogens is 365 g/mol. The number of benzene rings is 1.